The fourth-order valence-electron chi connectivity index (χ4n) is 5.63. The molecule has 3 N–H and O–H groups in total. The molecule has 3 aromatic rings. The van der Waals surface area contributed by atoms with Gasteiger partial charge in [0, 0.05) is 85.8 Å². The molecule has 43 heavy (non-hydrogen) atoms. The van der Waals surface area contributed by atoms with Crippen LogP contribution in [0.2, 0.25) is 0 Å². The molecule has 0 saturated carbocycles. The van der Waals surface area contributed by atoms with Crippen LogP contribution in [0.4, 0.5) is 20.3 Å². The minimum absolute atomic E-state index is 0.0504. The van der Waals surface area contributed by atoms with E-state index in [0.29, 0.717) is 29.4 Å². The van der Waals surface area contributed by atoms with E-state index in [4.69, 9.17) is 0 Å². The molecule has 10 nitrogen and oxygen atoms in total. The Bertz CT molecular complexity index is 1600. The standard InChI is InChI=1S/C30H39F2N7O3S/c1-19(2)33-16-20-12-23(38-10-8-37(5)9-11-38)6-7-25(20)29(40)34-28-26-17-39(18-30(3,4)27(26)35-36-28)43(41,42)24-14-21(31)13-22(32)15-24/h6-7,12-15,19,33H,8-11,16-18H2,1-5H3,(H2,34,35,36,40). The fourth-order valence-corrected chi connectivity index (χ4v) is 7.24. The Morgan fingerprint density at radius 3 is 2.40 bits per heavy atom. The highest BCUT2D eigenvalue weighted by atomic mass is 32.2. The van der Waals surface area contributed by atoms with Crippen molar-refractivity contribution in [3.63, 3.8) is 0 Å². The summed E-state index contributed by atoms with van der Waals surface area (Å²) in [4.78, 5) is 17.8. The number of nitrogens with zero attached hydrogens (tertiary/aromatic N) is 4. The molecule has 2 aromatic carbocycles. The van der Waals surface area contributed by atoms with E-state index in [1.807, 2.05) is 45.9 Å². The molecule has 3 heterocycles. The molecule has 232 valence electrons. The zero-order valence-corrected chi connectivity index (χ0v) is 26.0. The van der Waals surface area contributed by atoms with Gasteiger partial charge in [-0.1, -0.05) is 27.7 Å². The number of rotatable bonds is 8. The maximum Gasteiger partial charge on any atom is 0.257 e. The highest BCUT2D eigenvalue weighted by molar-refractivity contribution is 7.89. The van der Waals surface area contributed by atoms with Crippen molar-refractivity contribution in [2.45, 2.75) is 57.1 Å². The summed E-state index contributed by atoms with van der Waals surface area (Å²) in [5.41, 5.74) is 2.84. The number of halogens is 2. The van der Waals surface area contributed by atoms with Crippen molar-refractivity contribution < 1.29 is 22.0 Å². The molecule has 0 atom stereocenters. The molecule has 1 saturated heterocycles. The Balaban J connectivity index is 1.43. The highest BCUT2D eigenvalue weighted by Gasteiger charge is 2.41. The smallest absolute Gasteiger partial charge is 0.257 e. The summed E-state index contributed by atoms with van der Waals surface area (Å²) in [6, 6.07) is 8.26. The highest BCUT2D eigenvalue weighted by Crippen LogP contribution is 2.38. The number of likely N-dealkylation sites (N-methyl/N-ethyl adjacent to an activating group) is 1. The maximum absolute atomic E-state index is 13.9. The first-order valence-electron chi connectivity index (χ1n) is 14.4. The van der Waals surface area contributed by atoms with Crippen LogP contribution in [0, 0.1) is 11.6 Å². The number of nitrogens with one attached hydrogen (secondary N) is 3. The van der Waals surface area contributed by atoms with Crippen molar-refractivity contribution in [3.8, 4) is 0 Å². The van der Waals surface area contributed by atoms with E-state index >= 15 is 0 Å². The summed E-state index contributed by atoms with van der Waals surface area (Å²) in [5.74, 6) is -2.12. The van der Waals surface area contributed by atoms with Crippen LogP contribution in [-0.4, -0.2) is 79.5 Å². The second-order valence-corrected chi connectivity index (χ2v) is 14.2. The van der Waals surface area contributed by atoms with Crippen molar-refractivity contribution in [3.05, 3.63) is 70.4 Å². The van der Waals surface area contributed by atoms with Crippen LogP contribution in [0.3, 0.4) is 0 Å². The van der Waals surface area contributed by atoms with E-state index in [-0.39, 0.29) is 30.9 Å². The van der Waals surface area contributed by atoms with Gasteiger partial charge in [0.15, 0.2) is 5.82 Å². The van der Waals surface area contributed by atoms with Crippen LogP contribution in [-0.2, 0) is 28.5 Å². The number of anilines is 2. The summed E-state index contributed by atoms with van der Waals surface area (Å²) in [6.45, 7) is 11.9. The summed E-state index contributed by atoms with van der Waals surface area (Å²) in [6.07, 6.45) is 0. The summed E-state index contributed by atoms with van der Waals surface area (Å²) >= 11 is 0. The average molecular weight is 616 g/mol. The summed E-state index contributed by atoms with van der Waals surface area (Å²) in [7, 11) is -2.15. The van der Waals surface area contributed by atoms with E-state index in [1.165, 1.54) is 0 Å². The Morgan fingerprint density at radius 1 is 1.07 bits per heavy atom. The van der Waals surface area contributed by atoms with E-state index in [2.05, 4.69) is 37.7 Å². The molecule has 0 spiro atoms. The number of aromatic nitrogens is 2. The van der Waals surface area contributed by atoms with Crippen LogP contribution < -0.4 is 15.5 Å². The van der Waals surface area contributed by atoms with Crippen molar-refractivity contribution >= 4 is 27.4 Å². The zero-order valence-electron chi connectivity index (χ0n) is 25.2. The monoisotopic (exact) mass is 615 g/mol. The molecule has 0 radical (unpaired) electrons. The van der Waals surface area contributed by atoms with Gasteiger partial charge in [-0.25, -0.2) is 17.2 Å². The first-order valence-corrected chi connectivity index (χ1v) is 15.8. The normalized spacial score (nSPS) is 17.7. The number of hydrogen-bond donors (Lipinski definition) is 3. The summed E-state index contributed by atoms with van der Waals surface area (Å²) < 4.78 is 56.0. The van der Waals surface area contributed by atoms with Gasteiger partial charge in [0.25, 0.3) is 5.91 Å². The quantitative estimate of drug-likeness (QED) is 0.355. The second kappa shape index (κ2) is 11.9. The number of sulfonamides is 1. The first-order chi connectivity index (χ1) is 20.2. The Kier molecular flexibility index (Phi) is 8.63. The lowest BCUT2D eigenvalue weighted by molar-refractivity contribution is 0.102. The lowest BCUT2D eigenvalue weighted by Gasteiger charge is -2.36. The molecular weight excluding hydrogens is 576 g/mol. The number of piperazine rings is 1. The van der Waals surface area contributed by atoms with Gasteiger partial charge < -0.3 is 20.4 Å². The predicted molar refractivity (Wildman–Crippen MR) is 162 cm³/mol. The fraction of sp³-hybridized carbons (Fsp3) is 0.467. The van der Waals surface area contributed by atoms with Crippen molar-refractivity contribution in [2.24, 2.45) is 0 Å². The third-order valence-corrected chi connectivity index (χ3v) is 9.83. The SMILES string of the molecule is CC(C)NCc1cc(N2CCN(C)CC2)ccc1C(=O)Nc1n[nH]c2c1CN(S(=O)(=O)c1cc(F)cc(F)c1)CC2(C)C. The molecule has 13 heteroatoms. The number of hydrogen-bond acceptors (Lipinski definition) is 7. The van der Waals surface area contributed by atoms with Crippen molar-refractivity contribution in [1.82, 2.24) is 24.7 Å². The van der Waals surface area contributed by atoms with Crippen molar-refractivity contribution in [2.75, 3.05) is 50.0 Å². The second-order valence-electron chi connectivity index (χ2n) is 12.3. The number of carbonyl (C=O) groups excluding carboxylic acids is 1. The molecule has 5 rings (SSSR count). The van der Waals surface area contributed by atoms with E-state index in [1.54, 1.807) is 0 Å². The van der Waals surface area contributed by atoms with Crippen LogP contribution in [0.15, 0.2) is 41.3 Å². The average Bonchev–Trinajstić information content (AvgIpc) is 3.34. The first kappa shape index (κ1) is 31.0. The van der Waals surface area contributed by atoms with Crippen LogP contribution >= 0.6 is 0 Å². The summed E-state index contributed by atoms with van der Waals surface area (Å²) in [5, 5.41) is 13.6. The topological polar surface area (TPSA) is 114 Å². The molecule has 2 aliphatic rings. The van der Waals surface area contributed by atoms with Gasteiger partial charge in [0.05, 0.1) is 4.90 Å². The molecule has 0 unspecified atom stereocenters. The molecular formula is C30H39F2N7O3S. The minimum Gasteiger partial charge on any atom is -0.369 e. The van der Waals surface area contributed by atoms with Gasteiger partial charge in [-0.3, -0.25) is 9.89 Å². The van der Waals surface area contributed by atoms with Gasteiger partial charge in [0.1, 0.15) is 11.6 Å². The Labute approximate surface area is 251 Å². The number of benzene rings is 2. The minimum atomic E-state index is -4.25. The van der Waals surface area contributed by atoms with Gasteiger partial charge in [0.2, 0.25) is 10.0 Å². The Hall–Kier alpha value is -3.39. The van der Waals surface area contributed by atoms with Crippen LogP contribution in [0.25, 0.3) is 0 Å². The van der Waals surface area contributed by atoms with E-state index < -0.39 is 32.0 Å². The van der Waals surface area contributed by atoms with Gasteiger partial charge in [-0.2, -0.15) is 9.40 Å². The lowest BCUT2D eigenvalue weighted by Crippen LogP contribution is -2.45. The predicted octanol–water partition coefficient (Wildman–Crippen LogP) is 3.67. The van der Waals surface area contributed by atoms with E-state index in [0.717, 1.165) is 53.9 Å². The van der Waals surface area contributed by atoms with Gasteiger partial charge >= 0.3 is 0 Å². The van der Waals surface area contributed by atoms with E-state index in [9.17, 15) is 22.0 Å². The molecule has 2 aliphatic heterocycles. The molecule has 0 bridgehead atoms. The number of amides is 1. The lowest BCUT2D eigenvalue weighted by atomic mass is 9.84. The van der Waals surface area contributed by atoms with Crippen LogP contribution in [0.5, 0.6) is 0 Å². The van der Waals surface area contributed by atoms with Crippen molar-refractivity contribution in [1.29, 1.82) is 0 Å². The van der Waals surface area contributed by atoms with Gasteiger partial charge in [-0.15, -0.1) is 0 Å². The van der Waals surface area contributed by atoms with Gasteiger partial charge in [-0.05, 0) is 42.9 Å². The molecule has 1 amide bonds. The number of fused-ring (bicyclic) bond motifs is 1. The largest absolute Gasteiger partial charge is 0.369 e. The third-order valence-electron chi connectivity index (χ3n) is 8.06. The number of H-pyrrole nitrogens is 1. The number of carbonyl (C=O) groups is 1. The number of aromatic amines is 1. The molecule has 1 aromatic heterocycles. The van der Waals surface area contributed by atoms with Crippen LogP contribution in [0.1, 0.15) is 54.9 Å². The zero-order chi connectivity index (χ0) is 31.1. The Morgan fingerprint density at radius 2 is 1.74 bits per heavy atom. The maximum atomic E-state index is 13.9. The molecule has 1 fully saturated rings. The third kappa shape index (κ3) is 6.59. The molecule has 0 aliphatic carbocycles.